The van der Waals surface area contributed by atoms with Gasteiger partial charge in [-0.25, -0.2) is 0 Å². The third-order valence-corrected chi connectivity index (χ3v) is 4.67. The van der Waals surface area contributed by atoms with Gasteiger partial charge in [-0.3, -0.25) is 0 Å². The first-order valence-corrected chi connectivity index (χ1v) is 13.3. The Morgan fingerprint density at radius 3 is 1.61 bits per heavy atom. The van der Waals surface area contributed by atoms with E-state index in [0.717, 1.165) is 5.70 Å². The second-order valence-electron chi connectivity index (χ2n) is 8.50. The number of likely N-dealkylation sites (N-methyl/N-ethyl adjacent to an activating group) is 2. The molecule has 148 valence electrons. The number of benzene rings is 2. The Labute approximate surface area is 186 Å². The molecule has 0 spiro atoms. The van der Waals surface area contributed by atoms with Crippen molar-refractivity contribution in [3.05, 3.63) is 76.8 Å². The summed E-state index contributed by atoms with van der Waals surface area (Å²) in [5.41, 5.74) is 3.48. The number of nitrogens with one attached hydrogen (secondary N) is 2. The minimum absolute atomic E-state index is 0. The van der Waals surface area contributed by atoms with E-state index in [-0.39, 0.29) is 18.9 Å². The van der Waals surface area contributed by atoms with Crippen molar-refractivity contribution in [3.63, 3.8) is 0 Å². The number of hydrogen-bond acceptors (Lipinski definition) is 0. The van der Waals surface area contributed by atoms with Crippen molar-refractivity contribution < 1.29 is 28.7 Å². The van der Waals surface area contributed by atoms with Gasteiger partial charge in [-0.15, -0.1) is 5.70 Å². The molecule has 2 rings (SSSR count). The molecule has 0 saturated carbocycles. The molecule has 0 bridgehead atoms. The van der Waals surface area contributed by atoms with Crippen LogP contribution >= 0.6 is 0 Å². The van der Waals surface area contributed by atoms with Crippen molar-refractivity contribution in [2.45, 2.75) is 19.6 Å². The van der Waals surface area contributed by atoms with E-state index in [1.54, 1.807) is 0 Å². The van der Waals surface area contributed by atoms with E-state index in [1.165, 1.54) is 34.0 Å². The van der Waals surface area contributed by atoms with Crippen LogP contribution in [-0.2, 0) is 0 Å². The van der Waals surface area contributed by atoms with Crippen molar-refractivity contribution in [1.29, 1.82) is 0 Å². The zero-order valence-electron chi connectivity index (χ0n) is 19.2. The van der Waals surface area contributed by atoms with Crippen LogP contribution in [-0.4, -0.2) is 49.5 Å². The van der Waals surface area contributed by atoms with Gasteiger partial charge in [-0.2, -0.15) is 0 Å². The standard InChI is InChI=1S/C17H20NSi.C6H16N2.Li/c1-19(2,3)18-17(16-12-8-5-9-13-16)14-15-10-6-4-7-11-15;1-7(2)5-6-8(3)4;/h4-14H,1-3H3;5-6H2,1-4H3;/q-1;;+1/p+2/b17-14-;;. The SMILES string of the molecule is C[NH+](C)CC[NH+](C)C.C[Si](C)(C)[N-]/C(=C\c1ccccc1)c1ccccc1.[Li+]. The van der Waals surface area contributed by atoms with E-state index in [0.29, 0.717) is 0 Å². The molecule has 0 saturated heterocycles. The molecule has 2 N–H and O–H groups in total. The largest absolute Gasteiger partial charge is 1.00 e. The number of nitrogens with zero attached hydrogens (tertiary/aromatic N) is 1. The molecule has 0 aliphatic heterocycles. The maximum absolute atomic E-state index is 4.97. The van der Waals surface area contributed by atoms with Gasteiger partial charge in [0.15, 0.2) is 0 Å². The number of hydrogen-bond donors (Lipinski definition) is 2. The molecular weight excluding hydrogens is 353 g/mol. The van der Waals surface area contributed by atoms with E-state index < -0.39 is 8.24 Å². The number of quaternary nitrogens is 2. The second-order valence-corrected chi connectivity index (χ2v) is 13.1. The van der Waals surface area contributed by atoms with Crippen LogP contribution in [0.15, 0.2) is 60.7 Å². The molecule has 0 aliphatic rings. The minimum Gasteiger partial charge on any atom is -0.687 e. The van der Waals surface area contributed by atoms with Crippen LogP contribution in [0.3, 0.4) is 0 Å². The molecule has 5 heteroatoms. The predicted molar refractivity (Wildman–Crippen MR) is 123 cm³/mol. The fourth-order valence-electron chi connectivity index (χ4n) is 2.36. The normalized spacial score (nSPS) is 11.5. The molecule has 0 unspecified atom stereocenters. The van der Waals surface area contributed by atoms with Gasteiger partial charge in [0.25, 0.3) is 0 Å². The van der Waals surface area contributed by atoms with E-state index in [9.17, 15) is 0 Å². The summed E-state index contributed by atoms with van der Waals surface area (Å²) in [6.07, 6.45) is 2.17. The van der Waals surface area contributed by atoms with Gasteiger partial charge in [0.1, 0.15) is 13.1 Å². The number of rotatable bonds is 7. The molecule has 2 aromatic carbocycles. The Morgan fingerprint density at radius 1 is 0.786 bits per heavy atom. The van der Waals surface area contributed by atoms with E-state index in [2.05, 4.69) is 102 Å². The minimum atomic E-state index is -1.50. The van der Waals surface area contributed by atoms with Crippen LogP contribution in [0.1, 0.15) is 11.1 Å². The second kappa shape index (κ2) is 13.8. The van der Waals surface area contributed by atoms with Crippen LogP contribution in [0.2, 0.25) is 19.6 Å². The molecule has 0 heterocycles. The van der Waals surface area contributed by atoms with Crippen LogP contribution in [0.4, 0.5) is 0 Å². The first kappa shape index (κ1) is 26.7. The average Bonchev–Trinajstić information content (AvgIpc) is 2.60. The molecule has 0 amide bonds. The topological polar surface area (TPSA) is 23.0 Å². The first-order valence-electron chi connectivity index (χ1n) is 9.80. The zero-order chi connectivity index (χ0) is 20.3. The molecular formula is C23H38LiN3Si+2. The van der Waals surface area contributed by atoms with Crippen LogP contribution in [0.5, 0.6) is 0 Å². The third kappa shape index (κ3) is 13.0. The summed E-state index contributed by atoms with van der Waals surface area (Å²) in [5, 5.41) is 0. The van der Waals surface area contributed by atoms with Gasteiger partial charge in [-0.05, 0) is 19.4 Å². The van der Waals surface area contributed by atoms with Gasteiger partial charge in [0.2, 0.25) is 0 Å². The monoisotopic (exact) mass is 391 g/mol. The summed E-state index contributed by atoms with van der Waals surface area (Å²) in [6.45, 7) is 9.31. The Morgan fingerprint density at radius 2 is 1.21 bits per heavy atom. The Balaban J connectivity index is 0.000000694. The van der Waals surface area contributed by atoms with E-state index in [4.69, 9.17) is 4.98 Å². The van der Waals surface area contributed by atoms with Crippen LogP contribution in [0.25, 0.3) is 16.8 Å². The van der Waals surface area contributed by atoms with Crippen molar-refractivity contribution in [2.24, 2.45) is 0 Å². The molecule has 3 nitrogen and oxygen atoms in total. The maximum atomic E-state index is 4.97. The summed E-state index contributed by atoms with van der Waals surface area (Å²) in [4.78, 5) is 8.04. The van der Waals surface area contributed by atoms with Crippen molar-refractivity contribution >= 4 is 20.0 Å². The van der Waals surface area contributed by atoms with Crippen molar-refractivity contribution in [2.75, 3.05) is 41.3 Å². The molecule has 0 aliphatic carbocycles. The molecule has 0 atom stereocenters. The van der Waals surface area contributed by atoms with Gasteiger partial charge in [0, 0.05) is 0 Å². The zero-order valence-corrected chi connectivity index (χ0v) is 20.2. The van der Waals surface area contributed by atoms with Gasteiger partial charge in [-0.1, -0.05) is 86.4 Å². The molecule has 0 aromatic heterocycles. The summed E-state index contributed by atoms with van der Waals surface area (Å²) < 4.78 is 0. The van der Waals surface area contributed by atoms with E-state index in [1.807, 2.05) is 12.1 Å². The van der Waals surface area contributed by atoms with Gasteiger partial charge >= 0.3 is 18.9 Å². The van der Waals surface area contributed by atoms with E-state index >= 15 is 0 Å². The quantitative estimate of drug-likeness (QED) is 0.477. The van der Waals surface area contributed by atoms with Crippen molar-refractivity contribution in [3.8, 4) is 0 Å². The fraction of sp³-hybridized carbons (Fsp3) is 0.391. The van der Waals surface area contributed by atoms with Crippen LogP contribution < -0.4 is 28.7 Å². The Hall–Kier alpha value is -1.29. The first-order chi connectivity index (χ1) is 12.7. The molecule has 28 heavy (non-hydrogen) atoms. The predicted octanol–water partition coefficient (Wildman–Crippen LogP) is -0.327. The van der Waals surface area contributed by atoms with Gasteiger partial charge < -0.3 is 14.8 Å². The van der Waals surface area contributed by atoms with Gasteiger partial charge in [0.05, 0.1) is 28.2 Å². The fourth-order valence-corrected chi connectivity index (χ4v) is 3.27. The molecule has 0 fully saturated rings. The average molecular weight is 392 g/mol. The van der Waals surface area contributed by atoms with Crippen LogP contribution in [0, 0.1) is 0 Å². The summed E-state index contributed by atoms with van der Waals surface area (Å²) in [5.74, 6) is 0. The Bertz CT molecular complexity index is 657. The maximum Gasteiger partial charge on any atom is 1.00 e. The summed E-state index contributed by atoms with van der Waals surface area (Å²) in [7, 11) is 7.23. The summed E-state index contributed by atoms with van der Waals surface area (Å²) in [6, 6.07) is 20.8. The Kier molecular flexibility index (Phi) is 13.2. The third-order valence-electron chi connectivity index (χ3n) is 3.75. The smallest absolute Gasteiger partial charge is 0.687 e. The van der Waals surface area contributed by atoms with Crippen molar-refractivity contribution in [1.82, 2.24) is 0 Å². The molecule has 2 aromatic rings. The summed E-state index contributed by atoms with van der Waals surface area (Å²) >= 11 is 0. The molecule has 0 radical (unpaired) electrons.